The molecule has 0 fully saturated rings. The first-order valence-electron chi connectivity index (χ1n) is 7.78. The van der Waals surface area contributed by atoms with Gasteiger partial charge in [0.15, 0.2) is 5.43 Å². The normalized spacial score (nSPS) is 13.6. The summed E-state index contributed by atoms with van der Waals surface area (Å²) in [4.78, 5) is 15.5. The Hall–Kier alpha value is -2.11. The highest BCUT2D eigenvalue weighted by atomic mass is 35.5. The summed E-state index contributed by atoms with van der Waals surface area (Å²) in [7, 11) is 0. The summed E-state index contributed by atoms with van der Waals surface area (Å²) in [5.41, 5.74) is 5.37. The quantitative estimate of drug-likeness (QED) is 0.689. The van der Waals surface area contributed by atoms with Crippen molar-refractivity contribution in [3.05, 3.63) is 62.2 Å². The van der Waals surface area contributed by atoms with Crippen LogP contribution in [0.3, 0.4) is 0 Å². The van der Waals surface area contributed by atoms with Crippen molar-refractivity contribution in [1.29, 1.82) is 0 Å². The maximum atomic E-state index is 12.2. The number of benzene rings is 1. The largest absolute Gasteiger partial charge is 0.357 e. The van der Waals surface area contributed by atoms with Crippen molar-refractivity contribution in [2.45, 2.75) is 32.4 Å². The summed E-state index contributed by atoms with van der Waals surface area (Å²) >= 11 is 5.94. The van der Waals surface area contributed by atoms with E-state index in [1.54, 1.807) is 18.2 Å². The molecule has 1 aromatic carbocycles. The van der Waals surface area contributed by atoms with Gasteiger partial charge < -0.3 is 10.3 Å². The lowest BCUT2D eigenvalue weighted by Crippen LogP contribution is -2.17. The summed E-state index contributed by atoms with van der Waals surface area (Å²) in [6.45, 7) is 1.29. The lowest BCUT2D eigenvalue weighted by Gasteiger charge is -2.06. The molecule has 4 rings (SSSR count). The number of rotatable bonds is 4. The second-order valence-electron chi connectivity index (χ2n) is 5.93. The molecular weight excluding hydrogens is 312 g/mol. The van der Waals surface area contributed by atoms with Crippen molar-refractivity contribution >= 4 is 22.5 Å². The van der Waals surface area contributed by atoms with E-state index in [4.69, 9.17) is 11.6 Å². The first-order chi connectivity index (χ1) is 11.2. The number of aromatic nitrogens is 3. The number of nitrogens with zero attached hydrogens (tertiary/aromatic N) is 1. The lowest BCUT2D eigenvalue weighted by molar-refractivity contribution is 0.660. The first-order valence-corrected chi connectivity index (χ1v) is 8.15. The van der Waals surface area contributed by atoms with E-state index >= 15 is 0 Å². The molecule has 1 aliphatic rings. The van der Waals surface area contributed by atoms with Crippen LogP contribution in [0.4, 0.5) is 0 Å². The zero-order valence-electron chi connectivity index (χ0n) is 12.6. The molecule has 5 nitrogen and oxygen atoms in total. The number of H-pyrrole nitrogens is 2. The van der Waals surface area contributed by atoms with Gasteiger partial charge in [-0.2, -0.15) is 5.10 Å². The van der Waals surface area contributed by atoms with Crippen LogP contribution in [0.1, 0.15) is 29.1 Å². The molecule has 23 heavy (non-hydrogen) atoms. The molecule has 2 aromatic heterocycles. The van der Waals surface area contributed by atoms with Gasteiger partial charge >= 0.3 is 0 Å². The number of hydrogen-bond acceptors (Lipinski definition) is 3. The van der Waals surface area contributed by atoms with E-state index < -0.39 is 0 Å². The Morgan fingerprint density at radius 1 is 1.22 bits per heavy atom. The van der Waals surface area contributed by atoms with Crippen LogP contribution >= 0.6 is 11.6 Å². The predicted molar refractivity (Wildman–Crippen MR) is 90.7 cm³/mol. The van der Waals surface area contributed by atoms with Crippen LogP contribution in [0.15, 0.2) is 29.1 Å². The van der Waals surface area contributed by atoms with Gasteiger partial charge in [0, 0.05) is 46.5 Å². The van der Waals surface area contributed by atoms with E-state index in [1.165, 1.54) is 17.7 Å². The second-order valence-corrected chi connectivity index (χ2v) is 6.37. The average Bonchev–Trinajstić information content (AvgIpc) is 3.13. The number of nitrogens with one attached hydrogen (secondary N) is 3. The van der Waals surface area contributed by atoms with E-state index in [0.717, 1.165) is 29.7 Å². The number of pyridine rings is 1. The van der Waals surface area contributed by atoms with Crippen molar-refractivity contribution in [3.63, 3.8) is 0 Å². The second kappa shape index (κ2) is 5.83. The minimum absolute atomic E-state index is 0.0151. The highest BCUT2D eigenvalue weighted by Gasteiger charge is 2.17. The Bertz CT molecular complexity index is 928. The van der Waals surface area contributed by atoms with Crippen LogP contribution in [0, 0.1) is 0 Å². The number of aromatic amines is 2. The Balaban J connectivity index is 1.49. The summed E-state index contributed by atoms with van der Waals surface area (Å²) < 4.78 is 0. The molecule has 3 aromatic rings. The van der Waals surface area contributed by atoms with Gasteiger partial charge in [-0.25, -0.2) is 0 Å². The number of aryl methyl sites for hydroxylation is 1. The Morgan fingerprint density at radius 3 is 3.04 bits per heavy atom. The van der Waals surface area contributed by atoms with Gasteiger partial charge in [0.1, 0.15) is 0 Å². The molecule has 1 aliphatic carbocycles. The molecule has 0 unspecified atom stereocenters. The van der Waals surface area contributed by atoms with Gasteiger partial charge in [0.2, 0.25) is 0 Å². The number of halogens is 1. The SMILES string of the molecule is O=c1cc(CNCc2n[nH]c3c2CCC3)[nH]c2ccc(Cl)cc12. The lowest BCUT2D eigenvalue weighted by atomic mass is 10.2. The summed E-state index contributed by atoms with van der Waals surface area (Å²) in [6.07, 6.45) is 3.41. The third-order valence-electron chi connectivity index (χ3n) is 4.35. The molecule has 0 saturated heterocycles. The maximum Gasteiger partial charge on any atom is 0.189 e. The van der Waals surface area contributed by atoms with Crippen LogP contribution in [-0.2, 0) is 25.9 Å². The third-order valence-corrected chi connectivity index (χ3v) is 4.58. The Kier molecular flexibility index (Phi) is 3.67. The van der Waals surface area contributed by atoms with Crippen molar-refractivity contribution in [1.82, 2.24) is 20.5 Å². The molecule has 0 saturated carbocycles. The summed E-state index contributed by atoms with van der Waals surface area (Å²) in [6, 6.07) is 6.94. The zero-order valence-corrected chi connectivity index (χ0v) is 13.3. The fraction of sp³-hybridized carbons (Fsp3) is 0.294. The molecule has 118 valence electrons. The van der Waals surface area contributed by atoms with Crippen molar-refractivity contribution < 1.29 is 0 Å². The summed E-state index contributed by atoms with van der Waals surface area (Å²) in [5.74, 6) is 0. The molecular formula is C17H17ClN4O. The highest BCUT2D eigenvalue weighted by Crippen LogP contribution is 2.22. The number of fused-ring (bicyclic) bond motifs is 2. The fourth-order valence-corrected chi connectivity index (χ4v) is 3.39. The standard InChI is InChI=1S/C17H17ClN4O/c18-10-4-5-14-13(6-10)17(23)7-11(20-14)8-19-9-16-12-2-1-3-15(12)21-22-16/h4-7,19H,1-3,8-9H2,(H,20,23)(H,21,22). The summed E-state index contributed by atoms with van der Waals surface area (Å²) in [5, 5.41) is 12.0. The molecule has 0 aliphatic heterocycles. The van der Waals surface area contributed by atoms with Crippen LogP contribution < -0.4 is 10.7 Å². The predicted octanol–water partition coefficient (Wildman–Crippen LogP) is 2.68. The van der Waals surface area contributed by atoms with Gasteiger partial charge in [0.25, 0.3) is 0 Å². The minimum atomic E-state index is -0.0151. The third kappa shape index (κ3) is 2.78. The number of hydrogen-bond donors (Lipinski definition) is 3. The molecule has 0 spiro atoms. The first kappa shape index (κ1) is 14.5. The van der Waals surface area contributed by atoms with Gasteiger partial charge in [0.05, 0.1) is 5.69 Å². The topological polar surface area (TPSA) is 73.6 Å². The molecule has 6 heteroatoms. The molecule has 0 radical (unpaired) electrons. The van der Waals surface area contributed by atoms with Crippen molar-refractivity contribution in [2.75, 3.05) is 0 Å². The maximum absolute atomic E-state index is 12.2. The van der Waals surface area contributed by atoms with Crippen LogP contribution in [0.5, 0.6) is 0 Å². The highest BCUT2D eigenvalue weighted by molar-refractivity contribution is 6.31. The van der Waals surface area contributed by atoms with E-state index in [0.29, 0.717) is 23.5 Å². The van der Waals surface area contributed by atoms with E-state index in [-0.39, 0.29) is 5.43 Å². The van der Waals surface area contributed by atoms with Gasteiger partial charge in [-0.05, 0) is 43.0 Å². The van der Waals surface area contributed by atoms with E-state index in [2.05, 4.69) is 20.5 Å². The van der Waals surface area contributed by atoms with Crippen LogP contribution in [0.25, 0.3) is 10.9 Å². The van der Waals surface area contributed by atoms with Gasteiger partial charge in [-0.3, -0.25) is 9.89 Å². The molecule has 2 heterocycles. The molecule has 0 amide bonds. The Morgan fingerprint density at radius 2 is 2.13 bits per heavy atom. The van der Waals surface area contributed by atoms with Gasteiger partial charge in [-0.15, -0.1) is 0 Å². The molecule has 0 atom stereocenters. The van der Waals surface area contributed by atoms with Crippen molar-refractivity contribution in [3.8, 4) is 0 Å². The van der Waals surface area contributed by atoms with Crippen LogP contribution in [-0.4, -0.2) is 15.2 Å². The fourth-order valence-electron chi connectivity index (χ4n) is 3.22. The van der Waals surface area contributed by atoms with E-state index in [9.17, 15) is 4.79 Å². The monoisotopic (exact) mass is 328 g/mol. The van der Waals surface area contributed by atoms with Gasteiger partial charge in [-0.1, -0.05) is 11.6 Å². The molecule has 3 N–H and O–H groups in total. The van der Waals surface area contributed by atoms with E-state index in [1.807, 2.05) is 6.07 Å². The zero-order chi connectivity index (χ0) is 15.8. The molecule has 0 bridgehead atoms. The smallest absolute Gasteiger partial charge is 0.189 e. The Labute approximate surface area is 138 Å². The average molecular weight is 329 g/mol. The van der Waals surface area contributed by atoms with Crippen molar-refractivity contribution in [2.24, 2.45) is 0 Å². The van der Waals surface area contributed by atoms with Crippen LogP contribution in [0.2, 0.25) is 5.02 Å². The minimum Gasteiger partial charge on any atom is -0.357 e.